The molecule has 0 atom stereocenters. The summed E-state index contributed by atoms with van der Waals surface area (Å²) in [6, 6.07) is 10.6. The van der Waals surface area contributed by atoms with Crippen LogP contribution in [0.1, 0.15) is 25.3 Å². The number of sulfonamides is 1. The van der Waals surface area contributed by atoms with Gasteiger partial charge in [0.2, 0.25) is 15.9 Å². The number of hydrogen-bond donors (Lipinski definition) is 1. The number of primary sulfonamides is 1. The summed E-state index contributed by atoms with van der Waals surface area (Å²) >= 11 is 0. The largest absolute Gasteiger partial charge is 0.439 e. The smallest absolute Gasteiger partial charge is 0.239 e. The average Bonchev–Trinajstić information content (AvgIpc) is 2.46. The van der Waals surface area contributed by atoms with E-state index in [1.165, 1.54) is 30.3 Å². The number of nitrogens with two attached hydrogens (primary N) is 1. The third kappa shape index (κ3) is 4.54. The van der Waals surface area contributed by atoms with Crippen molar-refractivity contribution in [1.82, 2.24) is 4.98 Å². The highest BCUT2D eigenvalue weighted by Gasteiger charge is 2.08. The molecule has 0 amide bonds. The summed E-state index contributed by atoms with van der Waals surface area (Å²) in [6.07, 6.45) is 4.56. The predicted molar refractivity (Wildman–Crippen MR) is 80.7 cm³/mol. The fraction of sp³-hybridized carbons (Fsp3) is 0.267. The summed E-state index contributed by atoms with van der Waals surface area (Å²) < 4.78 is 27.8. The van der Waals surface area contributed by atoms with Crippen molar-refractivity contribution in [2.45, 2.75) is 31.1 Å². The maximum absolute atomic E-state index is 11.1. The third-order valence-corrected chi connectivity index (χ3v) is 3.90. The van der Waals surface area contributed by atoms with Crippen LogP contribution in [-0.4, -0.2) is 13.4 Å². The quantitative estimate of drug-likeness (QED) is 0.889. The molecule has 0 aliphatic heterocycles. The fourth-order valence-electron chi connectivity index (χ4n) is 1.82. The van der Waals surface area contributed by atoms with Crippen molar-refractivity contribution in [2.24, 2.45) is 5.14 Å². The normalized spacial score (nSPS) is 11.3. The molecule has 0 aliphatic carbocycles. The van der Waals surface area contributed by atoms with Gasteiger partial charge in [-0.1, -0.05) is 25.5 Å². The monoisotopic (exact) mass is 306 g/mol. The molecule has 2 N–H and O–H groups in total. The van der Waals surface area contributed by atoms with Crippen LogP contribution in [0.25, 0.3) is 0 Å². The zero-order chi connectivity index (χ0) is 15.3. The van der Waals surface area contributed by atoms with Gasteiger partial charge in [0.25, 0.3) is 0 Å². The number of aromatic nitrogens is 1. The Morgan fingerprint density at radius 3 is 2.38 bits per heavy atom. The molecule has 0 fully saturated rings. The van der Waals surface area contributed by atoms with E-state index in [0.717, 1.165) is 12.8 Å². The van der Waals surface area contributed by atoms with Crippen molar-refractivity contribution < 1.29 is 13.2 Å². The summed E-state index contributed by atoms with van der Waals surface area (Å²) in [7, 11) is -3.73. The maximum atomic E-state index is 11.1. The second kappa shape index (κ2) is 6.69. The first-order valence-electron chi connectivity index (χ1n) is 6.74. The van der Waals surface area contributed by atoms with Gasteiger partial charge in [-0.05, 0) is 36.6 Å². The highest BCUT2D eigenvalue weighted by atomic mass is 32.2. The van der Waals surface area contributed by atoms with Gasteiger partial charge in [-0.15, -0.1) is 0 Å². The van der Waals surface area contributed by atoms with Gasteiger partial charge in [0.15, 0.2) is 0 Å². The van der Waals surface area contributed by atoms with Crippen LogP contribution in [0.3, 0.4) is 0 Å². The number of nitrogens with zero attached hydrogens (tertiary/aromatic N) is 1. The number of rotatable bonds is 6. The molecular formula is C15H18N2O3S. The molecular weight excluding hydrogens is 288 g/mol. The summed E-state index contributed by atoms with van der Waals surface area (Å²) in [5.74, 6) is 0.981. The van der Waals surface area contributed by atoms with Crippen LogP contribution in [0.4, 0.5) is 0 Å². The van der Waals surface area contributed by atoms with Crippen LogP contribution < -0.4 is 9.88 Å². The SMILES string of the molecule is CCCCc1ccc(Oc2ccc(S(N)(=O)=O)cn2)cc1. The molecule has 0 saturated carbocycles. The Bertz CT molecular complexity index is 680. The van der Waals surface area contributed by atoms with Crippen molar-refractivity contribution in [1.29, 1.82) is 0 Å². The molecule has 0 saturated heterocycles. The van der Waals surface area contributed by atoms with E-state index in [0.29, 0.717) is 11.6 Å². The average molecular weight is 306 g/mol. The van der Waals surface area contributed by atoms with E-state index in [9.17, 15) is 8.42 Å². The van der Waals surface area contributed by atoms with E-state index >= 15 is 0 Å². The van der Waals surface area contributed by atoms with E-state index in [1.54, 1.807) is 0 Å². The minimum absolute atomic E-state index is 0.0373. The molecule has 1 heterocycles. The van der Waals surface area contributed by atoms with Gasteiger partial charge in [0.1, 0.15) is 10.6 Å². The lowest BCUT2D eigenvalue weighted by Gasteiger charge is -2.06. The van der Waals surface area contributed by atoms with E-state index in [4.69, 9.17) is 9.88 Å². The first-order valence-corrected chi connectivity index (χ1v) is 8.29. The number of hydrogen-bond acceptors (Lipinski definition) is 4. The highest BCUT2D eigenvalue weighted by molar-refractivity contribution is 7.89. The van der Waals surface area contributed by atoms with Gasteiger partial charge < -0.3 is 4.74 Å². The molecule has 0 bridgehead atoms. The zero-order valence-corrected chi connectivity index (χ0v) is 12.6. The number of pyridine rings is 1. The van der Waals surface area contributed by atoms with E-state index < -0.39 is 10.0 Å². The lowest BCUT2D eigenvalue weighted by atomic mass is 10.1. The van der Waals surface area contributed by atoms with Gasteiger partial charge in [-0.2, -0.15) is 0 Å². The lowest BCUT2D eigenvalue weighted by molar-refractivity contribution is 0.461. The molecule has 112 valence electrons. The molecule has 0 aliphatic rings. The molecule has 0 spiro atoms. The van der Waals surface area contributed by atoms with Crippen LogP contribution in [0, 0.1) is 0 Å². The molecule has 6 heteroatoms. The number of aryl methyl sites for hydroxylation is 1. The van der Waals surface area contributed by atoms with E-state index in [1.807, 2.05) is 24.3 Å². The van der Waals surface area contributed by atoms with E-state index in [2.05, 4.69) is 11.9 Å². The van der Waals surface area contributed by atoms with Gasteiger partial charge in [-0.25, -0.2) is 18.5 Å². The van der Waals surface area contributed by atoms with Crippen LogP contribution in [0.2, 0.25) is 0 Å². The molecule has 1 aromatic carbocycles. The molecule has 21 heavy (non-hydrogen) atoms. The Hall–Kier alpha value is -1.92. The number of benzene rings is 1. The molecule has 2 rings (SSSR count). The highest BCUT2D eigenvalue weighted by Crippen LogP contribution is 2.21. The van der Waals surface area contributed by atoms with Crippen LogP contribution in [0.15, 0.2) is 47.5 Å². The maximum Gasteiger partial charge on any atom is 0.239 e. The van der Waals surface area contributed by atoms with Crippen molar-refractivity contribution in [3.05, 3.63) is 48.2 Å². The van der Waals surface area contributed by atoms with Gasteiger partial charge >= 0.3 is 0 Å². The van der Waals surface area contributed by atoms with Gasteiger partial charge in [0, 0.05) is 6.07 Å². The molecule has 2 aromatic rings. The summed E-state index contributed by atoms with van der Waals surface area (Å²) in [6.45, 7) is 2.16. The van der Waals surface area contributed by atoms with Crippen LogP contribution in [-0.2, 0) is 16.4 Å². The second-order valence-corrected chi connectivity index (χ2v) is 6.29. The minimum atomic E-state index is -3.73. The van der Waals surface area contributed by atoms with Gasteiger partial charge in [-0.3, -0.25) is 0 Å². The predicted octanol–water partition coefficient (Wildman–Crippen LogP) is 2.86. The fourth-order valence-corrected chi connectivity index (χ4v) is 2.28. The van der Waals surface area contributed by atoms with Crippen molar-refractivity contribution >= 4 is 10.0 Å². The second-order valence-electron chi connectivity index (χ2n) is 4.73. The molecule has 0 radical (unpaired) electrons. The first-order chi connectivity index (χ1) is 9.99. The number of ether oxygens (including phenoxy) is 1. The van der Waals surface area contributed by atoms with E-state index in [-0.39, 0.29) is 4.90 Å². The summed E-state index contributed by atoms with van der Waals surface area (Å²) in [4.78, 5) is 3.89. The molecule has 1 aromatic heterocycles. The standard InChI is InChI=1S/C15H18N2O3S/c1-2-3-4-12-5-7-13(8-6-12)20-15-10-9-14(11-17-15)21(16,18)19/h5-11H,2-4H2,1H3,(H2,16,18,19). The first kappa shape index (κ1) is 15.5. The molecule has 0 unspecified atom stereocenters. The van der Waals surface area contributed by atoms with Crippen molar-refractivity contribution in [3.63, 3.8) is 0 Å². The number of unbranched alkanes of at least 4 members (excludes halogenated alkanes) is 1. The van der Waals surface area contributed by atoms with Crippen LogP contribution >= 0.6 is 0 Å². The topological polar surface area (TPSA) is 82.3 Å². The Balaban J connectivity index is 2.04. The van der Waals surface area contributed by atoms with Crippen molar-refractivity contribution in [2.75, 3.05) is 0 Å². The minimum Gasteiger partial charge on any atom is -0.439 e. The Labute approximate surface area is 124 Å². The molecule has 5 nitrogen and oxygen atoms in total. The van der Waals surface area contributed by atoms with Crippen molar-refractivity contribution in [3.8, 4) is 11.6 Å². The Morgan fingerprint density at radius 1 is 1.14 bits per heavy atom. The third-order valence-electron chi connectivity index (χ3n) is 3.00. The zero-order valence-electron chi connectivity index (χ0n) is 11.8. The Kier molecular flexibility index (Phi) is 4.93. The Morgan fingerprint density at radius 2 is 1.86 bits per heavy atom. The van der Waals surface area contributed by atoms with Gasteiger partial charge in [0.05, 0.1) is 6.20 Å². The summed E-state index contributed by atoms with van der Waals surface area (Å²) in [5.41, 5.74) is 1.27. The summed E-state index contributed by atoms with van der Waals surface area (Å²) in [5, 5.41) is 5.01. The lowest BCUT2D eigenvalue weighted by Crippen LogP contribution is -2.12. The van der Waals surface area contributed by atoms with Crippen LogP contribution in [0.5, 0.6) is 11.6 Å².